The standard InChI is InChI=1S/C14H19N5OS/c1-9-17-13-10(4-3-5-11(13)21-9)8-15-14(20)18-12-6-7-16-19(12)2/h6-7,10H,3-5,8H2,1-2H3,(H2,15,18,20)/t10-/m0/s1. The number of fused-ring (bicyclic) bond motifs is 1. The van der Waals surface area contributed by atoms with Gasteiger partial charge in [-0.3, -0.25) is 10.00 Å². The van der Waals surface area contributed by atoms with Crippen LogP contribution in [0, 0.1) is 6.92 Å². The van der Waals surface area contributed by atoms with Gasteiger partial charge in [0.25, 0.3) is 0 Å². The van der Waals surface area contributed by atoms with E-state index in [9.17, 15) is 4.79 Å². The van der Waals surface area contributed by atoms with Crippen LogP contribution in [0.5, 0.6) is 0 Å². The monoisotopic (exact) mass is 305 g/mol. The predicted octanol–water partition coefficient (Wildman–Crippen LogP) is 2.43. The summed E-state index contributed by atoms with van der Waals surface area (Å²) < 4.78 is 1.63. The molecule has 2 amide bonds. The maximum atomic E-state index is 11.9. The second-order valence-electron chi connectivity index (χ2n) is 5.31. The quantitative estimate of drug-likeness (QED) is 0.915. The number of nitrogens with zero attached hydrogens (tertiary/aromatic N) is 3. The molecule has 2 aromatic rings. The molecule has 112 valence electrons. The molecular weight excluding hydrogens is 286 g/mol. The number of hydrogen-bond donors (Lipinski definition) is 2. The lowest BCUT2D eigenvalue weighted by molar-refractivity contribution is 0.251. The number of carbonyl (C=O) groups is 1. The Balaban J connectivity index is 1.58. The summed E-state index contributed by atoms with van der Waals surface area (Å²) in [5, 5.41) is 10.9. The molecule has 21 heavy (non-hydrogen) atoms. The number of nitrogens with one attached hydrogen (secondary N) is 2. The third-order valence-electron chi connectivity index (χ3n) is 3.75. The molecule has 2 aromatic heterocycles. The molecule has 6 nitrogen and oxygen atoms in total. The van der Waals surface area contributed by atoms with Gasteiger partial charge in [0.15, 0.2) is 0 Å². The number of rotatable bonds is 3. The zero-order chi connectivity index (χ0) is 14.8. The highest BCUT2D eigenvalue weighted by Crippen LogP contribution is 2.34. The largest absolute Gasteiger partial charge is 0.337 e. The van der Waals surface area contributed by atoms with Crippen molar-refractivity contribution < 1.29 is 4.79 Å². The predicted molar refractivity (Wildman–Crippen MR) is 82.8 cm³/mol. The minimum absolute atomic E-state index is 0.197. The van der Waals surface area contributed by atoms with E-state index in [1.165, 1.54) is 17.0 Å². The molecule has 3 rings (SSSR count). The molecule has 0 unspecified atom stereocenters. The number of anilines is 1. The molecule has 0 aliphatic heterocycles. The van der Waals surface area contributed by atoms with Crippen molar-refractivity contribution in [1.29, 1.82) is 0 Å². The second kappa shape index (κ2) is 5.85. The van der Waals surface area contributed by atoms with Crippen LogP contribution in [0.2, 0.25) is 0 Å². The van der Waals surface area contributed by atoms with Crippen molar-refractivity contribution in [2.75, 3.05) is 11.9 Å². The summed E-state index contributed by atoms with van der Waals surface area (Å²) in [6.07, 6.45) is 5.03. The number of urea groups is 1. The van der Waals surface area contributed by atoms with Gasteiger partial charge in [-0.1, -0.05) is 0 Å². The normalized spacial score (nSPS) is 17.3. The minimum Gasteiger partial charge on any atom is -0.337 e. The van der Waals surface area contributed by atoms with E-state index in [-0.39, 0.29) is 6.03 Å². The van der Waals surface area contributed by atoms with E-state index in [2.05, 4.69) is 20.7 Å². The van der Waals surface area contributed by atoms with E-state index in [1.807, 2.05) is 6.92 Å². The SMILES string of the molecule is Cc1nc2c(s1)CCC[C@H]2CNC(=O)Nc1ccnn1C. The summed E-state index contributed by atoms with van der Waals surface area (Å²) in [4.78, 5) is 18.0. The van der Waals surface area contributed by atoms with E-state index in [4.69, 9.17) is 0 Å². The summed E-state index contributed by atoms with van der Waals surface area (Å²) in [5.74, 6) is 1.01. The van der Waals surface area contributed by atoms with Gasteiger partial charge in [0.2, 0.25) is 0 Å². The molecule has 0 saturated carbocycles. The van der Waals surface area contributed by atoms with Gasteiger partial charge < -0.3 is 5.32 Å². The van der Waals surface area contributed by atoms with E-state index < -0.39 is 0 Å². The number of amides is 2. The molecule has 1 atom stereocenters. The summed E-state index contributed by atoms with van der Waals surface area (Å²) in [6.45, 7) is 2.67. The Bertz CT molecular complexity index is 648. The molecule has 0 spiro atoms. The molecule has 1 aliphatic rings. The Hall–Kier alpha value is -1.89. The van der Waals surface area contributed by atoms with Crippen molar-refractivity contribution in [3.8, 4) is 0 Å². The average Bonchev–Trinajstić information content (AvgIpc) is 3.02. The highest BCUT2D eigenvalue weighted by Gasteiger charge is 2.24. The first-order valence-corrected chi connectivity index (χ1v) is 7.94. The highest BCUT2D eigenvalue weighted by molar-refractivity contribution is 7.11. The van der Waals surface area contributed by atoms with Crippen molar-refractivity contribution in [3.63, 3.8) is 0 Å². The Morgan fingerprint density at radius 2 is 2.43 bits per heavy atom. The number of aromatic nitrogens is 3. The minimum atomic E-state index is -0.197. The van der Waals surface area contributed by atoms with Gasteiger partial charge >= 0.3 is 6.03 Å². The molecule has 0 aromatic carbocycles. The second-order valence-corrected chi connectivity index (χ2v) is 6.59. The van der Waals surface area contributed by atoms with Crippen LogP contribution in [-0.2, 0) is 13.5 Å². The molecule has 2 heterocycles. The van der Waals surface area contributed by atoms with E-state index >= 15 is 0 Å². The third kappa shape index (κ3) is 3.07. The fourth-order valence-corrected chi connectivity index (χ4v) is 3.76. The zero-order valence-corrected chi connectivity index (χ0v) is 13.0. The Morgan fingerprint density at radius 1 is 1.57 bits per heavy atom. The van der Waals surface area contributed by atoms with Crippen LogP contribution in [0.15, 0.2) is 12.3 Å². The first-order valence-electron chi connectivity index (χ1n) is 7.12. The van der Waals surface area contributed by atoms with Crippen LogP contribution in [-0.4, -0.2) is 27.3 Å². The van der Waals surface area contributed by atoms with E-state index in [1.54, 1.807) is 35.3 Å². The van der Waals surface area contributed by atoms with E-state index in [0.717, 1.165) is 17.8 Å². The van der Waals surface area contributed by atoms with Crippen molar-refractivity contribution in [2.24, 2.45) is 7.05 Å². The van der Waals surface area contributed by atoms with Crippen LogP contribution >= 0.6 is 11.3 Å². The lowest BCUT2D eigenvalue weighted by Crippen LogP contribution is -2.33. The molecule has 0 bridgehead atoms. The number of thiazole rings is 1. The lowest BCUT2D eigenvalue weighted by atomic mass is 9.91. The molecular formula is C14H19N5OS. The molecule has 1 aliphatic carbocycles. The number of carbonyl (C=O) groups excluding carboxylic acids is 1. The van der Waals surface area contributed by atoms with Gasteiger partial charge in [0, 0.05) is 30.5 Å². The first kappa shape index (κ1) is 14.1. The van der Waals surface area contributed by atoms with Crippen LogP contribution < -0.4 is 10.6 Å². The van der Waals surface area contributed by atoms with Crippen LogP contribution in [0.4, 0.5) is 10.6 Å². The molecule has 0 saturated heterocycles. The van der Waals surface area contributed by atoms with Crippen molar-refractivity contribution in [2.45, 2.75) is 32.1 Å². The van der Waals surface area contributed by atoms with Crippen LogP contribution in [0.25, 0.3) is 0 Å². The maximum absolute atomic E-state index is 11.9. The van der Waals surface area contributed by atoms with Gasteiger partial charge in [-0.2, -0.15) is 5.10 Å². The molecule has 7 heteroatoms. The van der Waals surface area contributed by atoms with Gasteiger partial charge in [0.05, 0.1) is 16.9 Å². The lowest BCUT2D eigenvalue weighted by Gasteiger charge is -2.21. The Morgan fingerprint density at radius 3 is 3.19 bits per heavy atom. The summed E-state index contributed by atoms with van der Waals surface area (Å²) in [7, 11) is 1.79. The smallest absolute Gasteiger partial charge is 0.320 e. The third-order valence-corrected chi connectivity index (χ3v) is 4.80. The van der Waals surface area contributed by atoms with Crippen LogP contribution in [0.1, 0.15) is 34.3 Å². The highest BCUT2D eigenvalue weighted by atomic mass is 32.1. The van der Waals surface area contributed by atoms with Crippen molar-refractivity contribution >= 4 is 23.2 Å². The van der Waals surface area contributed by atoms with Crippen molar-refractivity contribution in [1.82, 2.24) is 20.1 Å². The van der Waals surface area contributed by atoms with Gasteiger partial charge in [-0.05, 0) is 26.2 Å². The van der Waals surface area contributed by atoms with Gasteiger partial charge in [-0.15, -0.1) is 11.3 Å². The topological polar surface area (TPSA) is 71.8 Å². The summed E-state index contributed by atoms with van der Waals surface area (Å²) >= 11 is 1.78. The van der Waals surface area contributed by atoms with Crippen molar-refractivity contribution in [3.05, 3.63) is 27.8 Å². The molecule has 2 N–H and O–H groups in total. The first-order chi connectivity index (χ1) is 10.1. The summed E-state index contributed by atoms with van der Waals surface area (Å²) in [5.41, 5.74) is 1.18. The maximum Gasteiger partial charge on any atom is 0.320 e. The Kier molecular flexibility index (Phi) is 3.92. The fraction of sp³-hybridized carbons (Fsp3) is 0.500. The van der Waals surface area contributed by atoms with Gasteiger partial charge in [-0.25, -0.2) is 9.78 Å². The van der Waals surface area contributed by atoms with Crippen LogP contribution in [0.3, 0.4) is 0 Å². The fourth-order valence-electron chi connectivity index (χ4n) is 2.70. The van der Waals surface area contributed by atoms with E-state index in [0.29, 0.717) is 18.3 Å². The molecule has 0 radical (unpaired) electrons. The Labute approximate surface area is 127 Å². The average molecular weight is 305 g/mol. The summed E-state index contributed by atoms with van der Waals surface area (Å²) in [6, 6.07) is 1.57. The number of hydrogen-bond acceptors (Lipinski definition) is 4. The number of aryl methyl sites for hydroxylation is 3. The zero-order valence-electron chi connectivity index (χ0n) is 12.2. The van der Waals surface area contributed by atoms with Gasteiger partial charge in [0.1, 0.15) is 5.82 Å². The molecule has 0 fully saturated rings.